The summed E-state index contributed by atoms with van der Waals surface area (Å²) in [5, 5.41) is 3.03. The van der Waals surface area contributed by atoms with Crippen LogP contribution in [0.25, 0.3) is 0 Å². The number of carbonyl (C=O) groups excluding carboxylic acids is 1. The molecule has 0 aliphatic carbocycles. The molecule has 3 N–H and O–H groups in total. The predicted octanol–water partition coefficient (Wildman–Crippen LogP) is 2.25. The minimum absolute atomic E-state index is 0. The summed E-state index contributed by atoms with van der Waals surface area (Å²) in [4.78, 5) is 14.7. The summed E-state index contributed by atoms with van der Waals surface area (Å²) < 4.78 is 5.65. The molecule has 2 aliphatic rings. The molecule has 7 heteroatoms. The molecule has 1 aromatic carbocycles. The zero-order valence-corrected chi connectivity index (χ0v) is 16.1. The van der Waals surface area contributed by atoms with Crippen molar-refractivity contribution in [3.05, 3.63) is 35.4 Å². The van der Waals surface area contributed by atoms with Crippen molar-refractivity contribution in [1.82, 2.24) is 10.2 Å². The van der Waals surface area contributed by atoms with Crippen LogP contribution in [0.2, 0.25) is 0 Å². The second-order valence-electron chi connectivity index (χ2n) is 6.53. The molecule has 3 rings (SSSR count). The Labute approximate surface area is 162 Å². The fourth-order valence-electron chi connectivity index (χ4n) is 3.43. The fourth-order valence-corrected chi connectivity index (χ4v) is 3.43. The quantitative estimate of drug-likeness (QED) is 0.782. The number of ether oxygens (including phenoxy) is 1. The number of benzene rings is 1. The first-order valence-corrected chi connectivity index (χ1v) is 8.68. The van der Waals surface area contributed by atoms with Gasteiger partial charge in [-0.05, 0) is 49.9 Å². The summed E-state index contributed by atoms with van der Waals surface area (Å²) in [7, 11) is 0. The van der Waals surface area contributed by atoms with Crippen molar-refractivity contribution in [2.75, 3.05) is 19.6 Å². The van der Waals surface area contributed by atoms with Gasteiger partial charge in [-0.1, -0.05) is 24.3 Å². The normalized spacial score (nSPS) is 22.9. The number of carbonyl (C=O) groups is 1. The third-order valence-electron chi connectivity index (χ3n) is 4.83. The highest BCUT2D eigenvalue weighted by Gasteiger charge is 2.29. The van der Waals surface area contributed by atoms with E-state index in [1.54, 1.807) is 0 Å². The number of nitrogens with two attached hydrogens (primary N) is 1. The van der Waals surface area contributed by atoms with Crippen LogP contribution in [0.15, 0.2) is 24.3 Å². The zero-order chi connectivity index (χ0) is 16.1. The van der Waals surface area contributed by atoms with Crippen LogP contribution in [0.4, 0.5) is 0 Å². The molecule has 2 heterocycles. The highest BCUT2D eigenvalue weighted by molar-refractivity contribution is 5.85. The van der Waals surface area contributed by atoms with Crippen LogP contribution in [-0.4, -0.2) is 42.6 Å². The van der Waals surface area contributed by atoms with E-state index in [-0.39, 0.29) is 42.9 Å². The lowest BCUT2D eigenvalue weighted by Crippen LogP contribution is -2.35. The van der Waals surface area contributed by atoms with Crippen LogP contribution < -0.4 is 11.1 Å². The summed E-state index contributed by atoms with van der Waals surface area (Å²) >= 11 is 0. The lowest BCUT2D eigenvalue weighted by Gasteiger charge is -2.18. The number of nitrogens with zero attached hydrogens (tertiary/aromatic N) is 1. The molecule has 142 valence electrons. The van der Waals surface area contributed by atoms with Gasteiger partial charge in [-0.3, -0.25) is 9.69 Å². The van der Waals surface area contributed by atoms with Gasteiger partial charge in [0.1, 0.15) is 6.10 Å². The Morgan fingerprint density at radius 3 is 2.48 bits per heavy atom. The summed E-state index contributed by atoms with van der Waals surface area (Å²) in [6, 6.07) is 8.37. The minimum Gasteiger partial charge on any atom is -0.364 e. The Kier molecular flexibility index (Phi) is 9.75. The van der Waals surface area contributed by atoms with Crippen molar-refractivity contribution < 1.29 is 9.53 Å². The molecule has 2 saturated heterocycles. The number of hydrogen-bond donors (Lipinski definition) is 2. The second-order valence-corrected chi connectivity index (χ2v) is 6.53. The van der Waals surface area contributed by atoms with Crippen molar-refractivity contribution >= 4 is 30.7 Å². The molecule has 5 nitrogen and oxygen atoms in total. The van der Waals surface area contributed by atoms with Crippen LogP contribution in [0.1, 0.15) is 36.8 Å². The van der Waals surface area contributed by atoms with Gasteiger partial charge in [0.05, 0.1) is 6.10 Å². The Bertz CT molecular complexity index is 539. The standard InChI is InChI=1S/C18H27N3O2.2ClH/c19-11-16-7-8-17(23-16)18(22)20-12-14-5-1-2-6-15(14)13-21-9-3-4-10-21;;/h1-2,5-6,16-17H,3-4,7-13,19H2,(H,20,22);2*1H/t16-,17+;;/m1../s1. The van der Waals surface area contributed by atoms with Gasteiger partial charge in [0, 0.05) is 19.6 Å². The number of hydrogen-bond acceptors (Lipinski definition) is 4. The van der Waals surface area contributed by atoms with Crippen molar-refractivity contribution in [2.24, 2.45) is 5.73 Å². The van der Waals surface area contributed by atoms with Gasteiger partial charge in [-0.15, -0.1) is 24.8 Å². The average Bonchev–Trinajstić information content (AvgIpc) is 3.25. The Balaban J connectivity index is 0.00000156. The molecule has 0 unspecified atom stereocenters. The maximum atomic E-state index is 12.2. The molecule has 1 aromatic rings. The van der Waals surface area contributed by atoms with E-state index >= 15 is 0 Å². The van der Waals surface area contributed by atoms with Crippen LogP contribution in [-0.2, 0) is 22.6 Å². The molecule has 0 bridgehead atoms. The largest absolute Gasteiger partial charge is 0.364 e. The maximum absolute atomic E-state index is 12.2. The maximum Gasteiger partial charge on any atom is 0.249 e. The molecular formula is C18H29Cl2N3O2. The van der Waals surface area contributed by atoms with Gasteiger partial charge >= 0.3 is 0 Å². The van der Waals surface area contributed by atoms with Crippen molar-refractivity contribution in [3.63, 3.8) is 0 Å². The molecule has 25 heavy (non-hydrogen) atoms. The first kappa shape index (κ1) is 22.2. The van der Waals surface area contributed by atoms with E-state index < -0.39 is 0 Å². The summed E-state index contributed by atoms with van der Waals surface area (Å²) in [6.45, 7) is 4.38. The smallest absolute Gasteiger partial charge is 0.249 e. The van der Waals surface area contributed by atoms with E-state index in [1.807, 2.05) is 6.07 Å². The summed E-state index contributed by atoms with van der Waals surface area (Å²) in [6.07, 6.45) is 3.92. The highest BCUT2D eigenvalue weighted by Crippen LogP contribution is 2.20. The second kappa shape index (κ2) is 11.0. The first-order chi connectivity index (χ1) is 11.3. The Morgan fingerprint density at radius 2 is 1.84 bits per heavy atom. The molecule has 2 aliphatic heterocycles. The van der Waals surface area contributed by atoms with E-state index in [9.17, 15) is 4.79 Å². The monoisotopic (exact) mass is 389 g/mol. The SMILES string of the molecule is Cl.Cl.NC[C@H]1CC[C@@H](C(=O)NCc2ccccc2CN2CCCC2)O1. The molecule has 0 aromatic heterocycles. The minimum atomic E-state index is -0.339. The molecule has 1 amide bonds. The number of amides is 1. The van der Waals surface area contributed by atoms with Gasteiger partial charge in [0.15, 0.2) is 0 Å². The van der Waals surface area contributed by atoms with Crippen molar-refractivity contribution in [1.29, 1.82) is 0 Å². The van der Waals surface area contributed by atoms with Gasteiger partial charge in [-0.2, -0.15) is 0 Å². The molecule has 0 saturated carbocycles. The van der Waals surface area contributed by atoms with E-state index in [4.69, 9.17) is 10.5 Å². The topological polar surface area (TPSA) is 67.6 Å². The Hall–Kier alpha value is -0.850. The lowest BCUT2D eigenvalue weighted by atomic mass is 10.1. The van der Waals surface area contributed by atoms with Crippen molar-refractivity contribution in [3.8, 4) is 0 Å². The predicted molar refractivity (Wildman–Crippen MR) is 104 cm³/mol. The van der Waals surface area contributed by atoms with Crippen LogP contribution in [0, 0.1) is 0 Å². The summed E-state index contributed by atoms with van der Waals surface area (Å²) in [5.74, 6) is -0.0167. The Morgan fingerprint density at radius 1 is 1.16 bits per heavy atom. The third-order valence-corrected chi connectivity index (χ3v) is 4.83. The number of nitrogens with one attached hydrogen (secondary N) is 1. The zero-order valence-electron chi connectivity index (χ0n) is 14.5. The number of rotatable bonds is 6. The first-order valence-electron chi connectivity index (χ1n) is 8.68. The highest BCUT2D eigenvalue weighted by atomic mass is 35.5. The van der Waals surface area contributed by atoms with Gasteiger partial charge in [0.25, 0.3) is 0 Å². The number of halogens is 2. The fraction of sp³-hybridized carbons (Fsp3) is 0.611. The van der Waals surface area contributed by atoms with Crippen LogP contribution in [0.5, 0.6) is 0 Å². The third kappa shape index (κ3) is 6.12. The molecule has 0 radical (unpaired) electrons. The van der Waals surface area contributed by atoms with Gasteiger partial charge in [-0.25, -0.2) is 0 Å². The summed E-state index contributed by atoms with van der Waals surface area (Å²) in [5.41, 5.74) is 8.10. The van der Waals surface area contributed by atoms with Crippen LogP contribution in [0.3, 0.4) is 0 Å². The van der Waals surface area contributed by atoms with Gasteiger partial charge in [0.2, 0.25) is 5.91 Å². The molecular weight excluding hydrogens is 361 g/mol. The average molecular weight is 390 g/mol. The molecule has 0 spiro atoms. The van der Waals surface area contributed by atoms with E-state index in [0.717, 1.165) is 19.4 Å². The van der Waals surface area contributed by atoms with E-state index in [0.29, 0.717) is 13.1 Å². The lowest BCUT2D eigenvalue weighted by molar-refractivity contribution is -0.132. The molecule has 2 atom stereocenters. The van der Waals surface area contributed by atoms with E-state index in [1.165, 1.54) is 37.1 Å². The van der Waals surface area contributed by atoms with Crippen LogP contribution >= 0.6 is 24.8 Å². The van der Waals surface area contributed by atoms with E-state index in [2.05, 4.69) is 28.4 Å². The number of likely N-dealkylation sites (tertiary alicyclic amines) is 1. The molecule has 2 fully saturated rings. The van der Waals surface area contributed by atoms with Crippen molar-refractivity contribution in [2.45, 2.75) is 51.0 Å². The van der Waals surface area contributed by atoms with Gasteiger partial charge < -0.3 is 15.8 Å².